The minimum Gasteiger partial charge on any atom is -0.481 e. The molecule has 6 heteroatoms. The van der Waals surface area contributed by atoms with Crippen LogP contribution in [0, 0.1) is 0 Å². The lowest BCUT2D eigenvalue weighted by Gasteiger charge is -1.92. The Labute approximate surface area is 95.5 Å². The van der Waals surface area contributed by atoms with E-state index in [9.17, 15) is 8.42 Å². The average Bonchev–Trinajstić information content (AvgIpc) is 2.20. The predicted octanol–water partition coefficient (Wildman–Crippen LogP) is 2.05. The fourth-order valence-electron chi connectivity index (χ4n) is 0.592. The SMILES string of the molecule is CC.CC(=O)O.O=S(=O)(O)c1ccccc1. The Hall–Kier alpha value is -1.40. The van der Waals surface area contributed by atoms with E-state index in [1.807, 2.05) is 13.8 Å². The van der Waals surface area contributed by atoms with Crippen molar-refractivity contribution in [2.45, 2.75) is 25.7 Å². The van der Waals surface area contributed by atoms with Crippen molar-refractivity contribution in [1.29, 1.82) is 0 Å². The van der Waals surface area contributed by atoms with E-state index in [4.69, 9.17) is 14.5 Å². The maximum absolute atomic E-state index is 10.4. The third-order valence-electron chi connectivity index (χ3n) is 1.04. The molecule has 0 radical (unpaired) electrons. The fraction of sp³-hybridized carbons (Fsp3) is 0.300. The molecular formula is C10H16O5S. The first kappa shape index (κ1) is 17.0. The molecule has 0 spiro atoms. The second-order valence-electron chi connectivity index (χ2n) is 2.31. The van der Waals surface area contributed by atoms with Gasteiger partial charge in [0, 0.05) is 6.92 Å². The lowest BCUT2D eigenvalue weighted by molar-refractivity contribution is -0.134. The first-order valence-corrected chi connectivity index (χ1v) is 6.00. The van der Waals surface area contributed by atoms with Crippen molar-refractivity contribution in [2.24, 2.45) is 0 Å². The Morgan fingerprint density at radius 2 is 1.44 bits per heavy atom. The Morgan fingerprint density at radius 3 is 1.62 bits per heavy atom. The van der Waals surface area contributed by atoms with Crippen LogP contribution in [0.2, 0.25) is 0 Å². The molecule has 0 aromatic heterocycles. The summed E-state index contributed by atoms with van der Waals surface area (Å²) in [6.07, 6.45) is 0. The molecule has 0 bridgehead atoms. The van der Waals surface area contributed by atoms with Gasteiger partial charge in [-0.15, -0.1) is 0 Å². The monoisotopic (exact) mass is 248 g/mol. The fourth-order valence-corrected chi connectivity index (χ4v) is 1.09. The maximum atomic E-state index is 10.4. The van der Waals surface area contributed by atoms with Crippen LogP contribution in [0.5, 0.6) is 0 Å². The standard InChI is InChI=1S/C6H6O3S.C2H4O2.C2H6/c7-10(8,9)6-4-2-1-3-5-6;1-2(3)4;1-2/h1-5H,(H,7,8,9);1H3,(H,3,4);1-2H3. The molecule has 0 saturated carbocycles. The molecule has 16 heavy (non-hydrogen) atoms. The van der Waals surface area contributed by atoms with Crippen molar-refractivity contribution in [2.75, 3.05) is 0 Å². The molecule has 92 valence electrons. The highest BCUT2D eigenvalue weighted by Gasteiger charge is 2.05. The Kier molecular flexibility index (Phi) is 9.43. The van der Waals surface area contributed by atoms with Crippen molar-refractivity contribution in [3.05, 3.63) is 30.3 Å². The van der Waals surface area contributed by atoms with Crippen LogP contribution in [0.15, 0.2) is 35.2 Å². The van der Waals surface area contributed by atoms with E-state index in [1.165, 1.54) is 12.1 Å². The summed E-state index contributed by atoms with van der Waals surface area (Å²) < 4.78 is 29.2. The lowest BCUT2D eigenvalue weighted by Crippen LogP contribution is -1.96. The molecule has 1 aromatic carbocycles. The zero-order chi connectivity index (χ0) is 13.2. The molecule has 0 heterocycles. The zero-order valence-electron chi connectivity index (χ0n) is 9.41. The van der Waals surface area contributed by atoms with Gasteiger partial charge in [0.15, 0.2) is 0 Å². The predicted molar refractivity (Wildman–Crippen MR) is 60.9 cm³/mol. The highest BCUT2D eigenvalue weighted by Crippen LogP contribution is 2.05. The molecule has 1 aromatic rings. The molecule has 0 aliphatic rings. The number of carboxylic acids is 1. The van der Waals surface area contributed by atoms with Crippen LogP contribution in [0.4, 0.5) is 0 Å². The molecule has 0 unspecified atom stereocenters. The molecule has 0 atom stereocenters. The third-order valence-corrected chi connectivity index (χ3v) is 1.91. The van der Waals surface area contributed by atoms with Gasteiger partial charge < -0.3 is 5.11 Å². The number of carboxylic acid groups (broad SMARTS) is 1. The molecule has 0 aliphatic carbocycles. The van der Waals surface area contributed by atoms with Crippen LogP contribution in [0.1, 0.15) is 20.8 Å². The summed E-state index contributed by atoms with van der Waals surface area (Å²) in [5, 5.41) is 7.42. The van der Waals surface area contributed by atoms with Crippen LogP contribution < -0.4 is 0 Å². The van der Waals surface area contributed by atoms with Gasteiger partial charge in [0.25, 0.3) is 16.1 Å². The average molecular weight is 248 g/mol. The Bertz CT molecular complexity index is 379. The minimum absolute atomic E-state index is 0.0741. The highest BCUT2D eigenvalue weighted by molar-refractivity contribution is 7.85. The molecule has 0 amide bonds. The van der Waals surface area contributed by atoms with Crippen LogP contribution in [-0.2, 0) is 14.9 Å². The maximum Gasteiger partial charge on any atom is 0.300 e. The van der Waals surface area contributed by atoms with Crippen molar-refractivity contribution in [3.8, 4) is 0 Å². The van der Waals surface area contributed by atoms with E-state index >= 15 is 0 Å². The van der Waals surface area contributed by atoms with Gasteiger partial charge in [-0.2, -0.15) is 8.42 Å². The summed E-state index contributed by atoms with van der Waals surface area (Å²) >= 11 is 0. The van der Waals surface area contributed by atoms with Crippen molar-refractivity contribution >= 4 is 16.1 Å². The number of benzene rings is 1. The molecule has 1 rings (SSSR count). The van der Waals surface area contributed by atoms with E-state index in [1.54, 1.807) is 18.2 Å². The number of aliphatic carboxylic acids is 1. The summed E-state index contributed by atoms with van der Waals surface area (Å²) in [4.78, 5) is 8.93. The first-order chi connectivity index (χ1) is 7.34. The van der Waals surface area contributed by atoms with Crippen LogP contribution in [-0.4, -0.2) is 24.0 Å². The molecule has 2 N–H and O–H groups in total. The van der Waals surface area contributed by atoms with Gasteiger partial charge in [-0.25, -0.2) is 0 Å². The smallest absolute Gasteiger partial charge is 0.300 e. The van der Waals surface area contributed by atoms with Crippen LogP contribution in [0.3, 0.4) is 0 Å². The number of rotatable bonds is 1. The Morgan fingerprint density at radius 1 is 1.12 bits per heavy atom. The van der Waals surface area contributed by atoms with Gasteiger partial charge >= 0.3 is 0 Å². The molecule has 0 fully saturated rings. The summed E-state index contributed by atoms with van der Waals surface area (Å²) in [7, 11) is -4.00. The lowest BCUT2D eigenvalue weighted by atomic mass is 10.4. The highest BCUT2D eigenvalue weighted by atomic mass is 32.2. The minimum atomic E-state index is -4.00. The number of hydrogen-bond acceptors (Lipinski definition) is 3. The largest absolute Gasteiger partial charge is 0.481 e. The van der Waals surface area contributed by atoms with Gasteiger partial charge in [0.05, 0.1) is 4.90 Å². The van der Waals surface area contributed by atoms with Gasteiger partial charge in [-0.1, -0.05) is 32.0 Å². The van der Waals surface area contributed by atoms with Crippen LogP contribution in [0.25, 0.3) is 0 Å². The molecule has 0 aliphatic heterocycles. The van der Waals surface area contributed by atoms with Crippen molar-refractivity contribution in [1.82, 2.24) is 0 Å². The number of carbonyl (C=O) groups is 1. The normalized spacial score (nSPS) is 9.00. The van der Waals surface area contributed by atoms with E-state index in [2.05, 4.69) is 0 Å². The third kappa shape index (κ3) is 10.7. The van der Waals surface area contributed by atoms with Gasteiger partial charge in [-0.05, 0) is 12.1 Å². The number of hydrogen-bond donors (Lipinski definition) is 2. The van der Waals surface area contributed by atoms with Gasteiger partial charge in [-0.3, -0.25) is 9.35 Å². The summed E-state index contributed by atoms with van der Waals surface area (Å²) in [5.74, 6) is -0.833. The summed E-state index contributed by atoms with van der Waals surface area (Å²) in [5.41, 5.74) is 0. The second-order valence-corrected chi connectivity index (χ2v) is 3.73. The van der Waals surface area contributed by atoms with E-state index in [-0.39, 0.29) is 4.90 Å². The molecular weight excluding hydrogens is 232 g/mol. The topological polar surface area (TPSA) is 91.7 Å². The van der Waals surface area contributed by atoms with E-state index in [0.29, 0.717) is 0 Å². The van der Waals surface area contributed by atoms with Crippen molar-refractivity contribution < 1.29 is 22.9 Å². The van der Waals surface area contributed by atoms with Gasteiger partial charge in [0.1, 0.15) is 0 Å². The van der Waals surface area contributed by atoms with Crippen molar-refractivity contribution in [3.63, 3.8) is 0 Å². The van der Waals surface area contributed by atoms with Crippen LogP contribution >= 0.6 is 0 Å². The second kappa shape index (κ2) is 8.87. The molecule has 0 saturated heterocycles. The summed E-state index contributed by atoms with van der Waals surface area (Å²) in [6, 6.07) is 7.42. The quantitative estimate of drug-likeness (QED) is 0.742. The molecule has 5 nitrogen and oxygen atoms in total. The van der Waals surface area contributed by atoms with E-state index in [0.717, 1.165) is 6.92 Å². The van der Waals surface area contributed by atoms with E-state index < -0.39 is 16.1 Å². The zero-order valence-corrected chi connectivity index (χ0v) is 10.2. The summed E-state index contributed by atoms with van der Waals surface area (Å²) in [6.45, 7) is 5.08. The Balaban J connectivity index is 0. The van der Waals surface area contributed by atoms with Gasteiger partial charge in [0.2, 0.25) is 0 Å². The first-order valence-electron chi connectivity index (χ1n) is 4.56.